The van der Waals surface area contributed by atoms with Crippen LogP contribution < -0.4 is 22.2 Å². The van der Waals surface area contributed by atoms with Crippen molar-refractivity contribution >= 4 is 41.5 Å². The van der Waals surface area contributed by atoms with Gasteiger partial charge < -0.3 is 16.8 Å². The molecule has 0 atom stereocenters. The molecule has 0 aliphatic carbocycles. The van der Waals surface area contributed by atoms with Crippen molar-refractivity contribution in [3.05, 3.63) is 71.4 Å². The molecule has 1 heterocycles. The van der Waals surface area contributed by atoms with Gasteiger partial charge in [0.15, 0.2) is 6.21 Å². The van der Waals surface area contributed by atoms with E-state index in [0.717, 1.165) is 22.4 Å². The van der Waals surface area contributed by atoms with Crippen LogP contribution in [0.15, 0.2) is 54.7 Å². The standard InChI is InChI=1S/C19H18N6/c20-12-15-11-16(24-17-8-9-23-19(22)25-17)10-14(18(15)21)7-6-13-4-2-1-3-5-13/h1-12,20H,21H2,(H3,22,23,24,25)/p+1/b7-6+,20-12?. The van der Waals surface area contributed by atoms with Crippen LogP contribution in [-0.4, -0.2) is 16.2 Å². The summed E-state index contributed by atoms with van der Waals surface area (Å²) in [7, 11) is 0. The lowest BCUT2D eigenvalue weighted by molar-refractivity contribution is -0.104. The van der Waals surface area contributed by atoms with E-state index in [2.05, 4.69) is 15.3 Å². The molecule has 0 radical (unpaired) electrons. The zero-order valence-corrected chi connectivity index (χ0v) is 13.6. The van der Waals surface area contributed by atoms with Gasteiger partial charge in [0.1, 0.15) is 5.82 Å². The van der Waals surface area contributed by atoms with Crippen molar-refractivity contribution in [3.8, 4) is 0 Å². The first kappa shape index (κ1) is 16.2. The van der Waals surface area contributed by atoms with Crippen LogP contribution >= 0.6 is 0 Å². The molecule has 1 aromatic heterocycles. The lowest BCUT2D eigenvalue weighted by Gasteiger charge is -2.10. The molecule has 0 spiro atoms. The summed E-state index contributed by atoms with van der Waals surface area (Å²) in [5, 5.41) is 8.90. The number of aromatic nitrogens is 2. The third-order valence-corrected chi connectivity index (χ3v) is 3.63. The fourth-order valence-electron chi connectivity index (χ4n) is 2.39. The summed E-state index contributed by atoms with van der Waals surface area (Å²) in [5.74, 6) is 0.800. The smallest absolute Gasteiger partial charge is 0.221 e. The second-order valence-electron chi connectivity index (χ2n) is 5.40. The maximum atomic E-state index is 6.21. The highest BCUT2D eigenvalue weighted by Gasteiger charge is 2.07. The molecule has 0 saturated carbocycles. The number of nitrogens with two attached hydrogens (primary N) is 3. The molecule has 3 rings (SSSR count). The van der Waals surface area contributed by atoms with Gasteiger partial charge in [-0.2, -0.15) is 4.98 Å². The van der Waals surface area contributed by atoms with E-state index in [1.165, 1.54) is 6.21 Å². The maximum absolute atomic E-state index is 6.21. The zero-order valence-electron chi connectivity index (χ0n) is 13.6. The molecule has 0 bridgehead atoms. The quantitative estimate of drug-likeness (QED) is 0.323. The Bertz CT molecular complexity index is 918. The number of hydrogen-bond acceptors (Lipinski definition) is 5. The molecule has 124 valence electrons. The van der Waals surface area contributed by atoms with Gasteiger partial charge in [0.2, 0.25) is 5.95 Å². The summed E-state index contributed by atoms with van der Waals surface area (Å²) in [6, 6.07) is 15.5. The van der Waals surface area contributed by atoms with Crippen LogP contribution in [0, 0.1) is 0 Å². The predicted octanol–water partition coefficient (Wildman–Crippen LogP) is 1.73. The van der Waals surface area contributed by atoms with E-state index in [-0.39, 0.29) is 5.95 Å². The molecule has 0 unspecified atom stereocenters. The minimum Gasteiger partial charge on any atom is -0.398 e. The summed E-state index contributed by atoms with van der Waals surface area (Å²) < 4.78 is 0. The Balaban J connectivity index is 1.95. The van der Waals surface area contributed by atoms with E-state index < -0.39 is 0 Å². The Kier molecular flexibility index (Phi) is 4.71. The zero-order chi connectivity index (χ0) is 17.6. The highest BCUT2D eigenvalue weighted by Crippen LogP contribution is 2.26. The second-order valence-corrected chi connectivity index (χ2v) is 5.40. The maximum Gasteiger partial charge on any atom is 0.221 e. The molecule has 2 aromatic carbocycles. The summed E-state index contributed by atoms with van der Waals surface area (Å²) in [4.78, 5) is 8.01. The Morgan fingerprint density at radius 1 is 0.960 bits per heavy atom. The third kappa shape index (κ3) is 4.00. The fraction of sp³-hybridized carbons (Fsp3) is 0. The Labute approximate surface area is 145 Å². The van der Waals surface area contributed by atoms with E-state index in [9.17, 15) is 0 Å². The largest absolute Gasteiger partial charge is 0.398 e. The number of anilines is 4. The number of nitrogens with zero attached hydrogens (tertiary/aromatic N) is 2. The summed E-state index contributed by atoms with van der Waals surface area (Å²) in [6.45, 7) is 0. The molecule has 3 aromatic rings. The van der Waals surface area contributed by atoms with Crippen LogP contribution in [0.1, 0.15) is 16.7 Å². The van der Waals surface area contributed by atoms with Crippen molar-refractivity contribution in [2.75, 3.05) is 16.8 Å². The highest BCUT2D eigenvalue weighted by molar-refractivity contribution is 5.91. The average molecular weight is 331 g/mol. The minimum atomic E-state index is 0.204. The van der Waals surface area contributed by atoms with E-state index in [0.29, 0.717) is 11.5 Å². The van der Waals surface area contributed by atoms with Gasteiger partial charge in [-0.15, -0.1) is 0 Å². The van der Waals surface area contributed by atoms with E-state index in [4.69, 9.17) is 16.9 Å². The molecule has 0 saturated heterocycles. The average Bonchev–Trinajstić information content (AvgIpc) is 2.63. The lowest BCUT2D eigenvalue weighted by atomic mass is 10.0. The molecule has 6 heteroatoms. The number of nitrogens with one attached hydrogen (secondary N) is 1. The van der Waals surface area contributed by atoms with Gasteiger partial charge in [-0.05, 0) is 23.8 Å². The molecule has 25 heavy (non-hydrogen) atoms. The second kappa shape index (κ2) is 7.27. The topological polar surface area (TPSA) is 115 Å². The Morgan fingerprint density at radius 2 is 1.72 bits per heavy atom. The van der Waals surface area contributed by atoms with Gasteiger partial charge in [-0.1, -0.05) is 42.5 Å². The van der Waals surface area contributed by atoms with Gasteiger partial charge in [0, 0.05) is 17.4 Å². The summed E-state index contributed by atoms with van der Waals surface area (Å²) in [5.41, 5.74) is 15.9. The highest BCUT2D eigenvalue weighted by atomic mass is 15.1. The molecule has 0 fully saturated rings. The van der Waals surface area contributed by atoms with Crippen molar-refractivity contribution in [2.24, 2.45) is 0 Å². The van der Waals surface area contributed by atoms with Crippen molar-refractivity contribution in [2.45, 2.75) is 0 Å². The first-order valence-corrected chi connectivity index (χ1v) is 7.73. The van der Waals surface area contributed by atoms with Crippen LogP contribution in [0.5, 0.6) is 0 Å². The van der Waals surface area contributed by atoms with Gasteiger partial charge in [0.05, 0.1) is 11.3 Å². The van der Waals surface area contributed by atoms with Gasteiger partial charge in [0.25, 0.3) is 0 Å². The number of hydrogen-bond donors (Lipinski definition) is 4. The minimum absolute atomic E-state index is 0.204. The van der Waals surface area contributed by atoms with Crippen molar-refractivity contribution in [1.82, 2.24) is 9.97 Å². The van der Waals surface area contributed by atoms with E-state index >= 15 is 0 Å². The Morgan fingerprint density at radius 3 is 2.44 bits per heavy atom. The molecule has 6 nitrogen and oxygen atoms in total. The van der Waals surface area contributed by atoms with Crippen molar-refractivity contribution in [1.29, 1.82) is 0 Å². The van der Waals surface area contributed by atoms with E-state index in [1.807, 2.05) is 54.6 Å². The van der Waals surface area contributed by atoms with Gasteiger partial charge >= 0.3 is 0 Å². The number of benzene rings is 2. The summed E-state index contributed by atoms with van der Waals surface area (Å²) >= 11 is 0. The predicted molar refractivity (Wildman–Crippen MR) is 103 cm³/mol. The number of rotatable bonds is 5. The number of nitrogen functional groups attached to an aromatic ring is 2. The third-order valence-electron chi connectivity index (χ3n) is 3.63. The first-order chi connectivity index (χ1) is 12.2. The van der Waals surface area contributed by atoms with Crippen molar-refractivity contribution < 1.29 is 5.41 Å². The summed E-state index contributed by atoms with van der Waals surface area (Å²) in [6.07, 6.45) is 7.03. The van der Waals surface area contributed by atoms with Crippen LogP contribution in [-0.2, 0) is 0 Å². The van der Waals surface area contributed by atoms with Crippen LogP contribution in [0.4, 0.5) is 23.1 Å². The fourth-order valence-corrected chi connectivity index (χ4v) is 2.39. The van der Waals surface area contributed by atoms with Crippen LogP contribution in [0.25, 0.3) is 12.2 Å². The van der Waals surface area contributed by atoms with Gasteiger partial charge in [-0.25, -0.2) is 4.98 Å². The van der Waals surface area contributed by atoms with Crippen LogP contribution in [0.2, 0.25) is 0 Å². The Hall–Kier alpha value is -3.67. The molecular formula is C19H19N6+. The SMILES string of the molecule is Nc1nccc(Nc2cc(C=[NH2+])c(N)c(/C=C/c3ccccc3)c2)n1. The molecule has 7 N–H and O–H groups in total. The van der Waals surface area contributed by atoms with E-state index in [1.54, 1.807) is 12.3 Å². The first-order valence-electron chi connectivity index (χ1n) is 7.73. The van der Waals surface area contributed by atoms with Crippen molar-refractivity contribution in [3.63, 3.8) is 0 Å². The molecule has 0 aliphatic rings. The lowest BCUT2D eigenvalue weighted by Crippen LogP contribution is -2.30. The monoisotopic (exact) mass is 331 g/mol. The molecular weight excluding hydrogens is 312 g/mol. The molecule has 0 aliphatic heterocycles. The van der Waals surface area contributed by atoms with Gasteiger partial charge in [-0.3, -0.25) is 5.41 Å². The normalized spacial score (nSPS) is 10.7. The van der Waals surface area contributed by atoms with Crippen LogP contribution in [0.3, 0.4) is 0 Å². The molecule has 0 amide bonds.